The van der Waals surface area contributed by atoms with Gasteiger partial charge in [0.2, 0.25) is 0 Å². The molecule has 2 aromatic rings. The Morgan fingerprint density at radius 1 is 1.38 bits per heavy atom. The van der Waals surface area contributed by atoms with Crippen LogP contribution in [-0.2, 0) is 12.0 Å². The van der Waals surface area contributed by atoms with Crippen molar-refractivity contribution in [1.29, 1.82) is 0 Å². The smallest absolute Gasteiger partial charge is 0.337 e. The molecule has 1 N–H and O–H groups in total. The van der Waals surface area contributed by atoms with E-state index in [0.29, 0.717) is 11.0 Å². The Hall–Kier alpha value is -1.84. The molecule has 0 aliphatic heterocycles. The molecule has 0 amide bonds. The molecule has 21 heavy (non-hydrogen) atoms. The number of hydrogen-bond donors (Lipinski definition) is 1. The lowest BCUT2D eigenvalue weighted by molar-refractivity contribution is 0.0698. The first kappa shape index (κ1) is 14.1. The van der Waals surface area contributed by atoms with Gasteiger partial charge in [0.15, 0.2) is 0 Å². The standard InChI is InChI=1S/C17H22N2O2/c1-16(2,3)15-18-12-7-5-6-11(14(20)21)13(12)19(15)10-17(4)8-9-17/h5-7H,8-10H2,1-4H3,(H,20,21). The van der Waals surface area contributed by atoms with E-state index in [9.17, 15) is 9.90 Å². The third kappa shape index (κ3) is 2.43. The predicted octanol–water partition coefficient (Wildman–Crippen LogP) is 3.83. The van der Waals surface area contributed by atoms with E-state index in [4.69, 9.17) is 4.98 Å². The van der Waals surface area contributed by atoms with Crippen molar-refractivity contribution in [2.75, 3.05) is 0 Å². The highest BCUT2D eigenvalue weighted by Gasteiger charge is 2.39. The summed E-state index contributed by atoms with van der Waals surface area (Å²) in [6, 6.07) is 5.35. The van der Waals surface area contributed by atoms with Crippen LogP contribution < -0.4 is 0 Å². The average molecular weight is 286 g/mol. The topological polar surface area (TPSA) is 55.1 Å². The number of carboxylic acid groups (broad SMARTS) is 1. The molecule has 1 saturated carbocycles. The van der Waals surface area contributed by atoms with Gasteiger partial charge in [0.05, 0.1) is 16.6 Å². The normalized spacial score (nSPS) is 17.1. The van der Waals surface area contributed by atoms with Crippen molar-refractivity contribution in [3.63, 3.8) is 0 Å². The van der Waals surface area contributed by atoms with Gasteiger partial charge < -0.3 is 9.67 Å². The summed E-state index contributed by atoms with van der Waals surface area (Å²) < 4.78 is 2.14. The first-order chi connectivity index (χ1) is 9.71. The van der Waals surface area contributed by atoms with Crippen LogP contribution in [0.3, 0.4) is 0 Å². The molecule has 1 fully saturated rings. The number of benzene rings is 1. The number of imidazole rings is 1. The van der Waals surface area contributed by atoms with Crippen LogP contribution in [0.25, 0.3) is 11.0 Å². The van der Waals surface area contributed by atoms with E-state index in [1.54, 1.807) is 12.1 Å². The van der Waals surface area contributed by atoms with Gasteiger partial charge in [0, 0.05) is 12.0 Å². The van der Waals surface area contributed by atoms with E-state index >= 15 is 0 Å². The van der Waals surface area contributed by atoms with Gasteiger partial charge in [-0.1, -0.05) is 33.8 Å². The summed E-state index contributed by atoms with van der Waals surface area (Å²) >= 11 is 0. The van der Waals surface area contributed by atoms with E-state index < -0.39 is 5.97 Å². The van der Waals surface area contributed by atoms with Crippen molar-refractivity contribution >= 4 is 17.0 Å². The second-order valence-electron chi connectivity index (χ2n) is 7.56. The molecule has 1 aliphatic carbocycles. The van der Waals surface area contributed by atoms with Gasteiger partial charge >= 0.3 is 5.97 Å². The fourth-order valence-corrected chi connectivity index (χ4v) is 2.84. The Morgan fingerprint density at radius 3 is 2.57 bits per heavy atom. The molecule has 3 rings (SSSR count). The fraction of sp³-hybridized carbons (Fsp3) is 0.529. The lowest BCUT2D eigenvalue weighted by Gasteiger charge is -2.22. The minimum atomic E-state index is -0.886. The van der Waals surface area contributed by atoms with Crippen LogP contribution in [0.5, 0.6) is 0 Å². The summed E-state index contributed by atoms with van der Waals surface area (Å²) in [7, 11) is 0. The number of aromatic carboxylic acids is 1. The fourth-order valence-electron chi connectivity index (χ4n) is 2.84. The van der Waals surface area contributed by atoms with E-state index in [1.165, 1.54) is 12.8 Å². The average Bonchev–Trinajstić information content (AvgIpc) is 2.97. The Labute approximate surface area is 124 Å². The van der Waals surface area contributed by atoms with Crippen LogP contribution in [-0.4, -0.2) is 20.6 Å². The monoisotopic (exact) mass is 286 g/mol. The van der Waals surface area contributed by atoms with Crippen molar-refractivity contribution in [3.05, 3.63) is 29.6 Å². The maximum Gasteiger partial charge on any atom is 0.337 e. The number of carbonyl (C=O) groups is 1. The quantitative estimate of drug-likeness (QED) is 0.933. The zero-order valence-corrected chi connectivity index (χ0v) is 13.1. The Balaban J connectivity index is 2.29. The van der Waals surface area contributed by atoms with Crippen LogP contribution in [0.4, 0.5) is 0 Å². The van der Waals surface area contributed by atoms with Gasteiger partial charge in [-0.3, -0.25) is 0 Å². The molecule has 0 spiro atoms. The third-order valence-electron chi connectivity index (χ3n) is 4.31. The van der Waals surface area contributed by atoms with Crippen molar-refractivity contribution in [2.45, 2.75) is 52.5 Å². The summed E-state index contributed by atoms with van der Waals surface area (Å²) in [6.45, 7) is 9.48. The van der Waals surface area contributed by atoms with Gasteiger partial charge in [-0.15, -0.1) is 0 Å². The molecule has 1 heterocycles. The minimum Gasteiger partial charge on any atom is -0.478 e. The molecule has 112 valence electrons. The predicted molar refractivity (Wildman–Crippen MR) is 82.7 cm³/mol. The highest BCUT2D eigenvalue weighted by atomic mass is 16.4. The summed E-state index contributed by atoms with van der Waals surface area (Å²) in [5.41, 5.74) is 2.08. The molecule has 4 nitrogen and oxygen atoms in total. The Bertz CT molecular complexity index is 718. The first-order valence-corrected chi connectivity index (χ1v) is 7.44. The number of carboxylic acids is 1. The van der Waals surface area contributed by atoms with E-state index in [-0.39, 0.29) is 5.41 Å². The zero-order valence-electron chi connectivity index (χ0n) is 13.1. The second-order valence-corrected chi connectivity index (χ2v) is 7.56. The van der Waals surface area contributed by atoms with Crippen molar-refractivity contribution in [2.24, 2.45) is 5.41 Å². The van der Waals surface area contributed by atoms with Crippen molar-refractivity contribution in [3.8, 4) is 0 Å². The number of fused-ring (bicyclic) bond motifs is 1. The molecule has 0 atom stereocenters. The maximum absolute atomic E-state index is 11.6. The molecular formula is C17H22N2O2. The van der Waals surface area contributed by atoms with E-state index in [0.717, 1.165) is 23.4 Å². The molecule has 0 saturated heterocycles. The van der Waals surface area contributed by atoms with Gasteiger partial charge in [0.25, 0.3) is 0 Å². The first-order valence-electron chi connectivity index (χ1n) is 7.44. The SMILES string of the molecule is CC1(Cn2c(C(C)(C)C)nc3cccc(C(=O)O)c32)CC1. The Kier molecular flexibility index (Phi) is 2.91. The summed E-state index contributed by atoms with van der Waals surface area (Å²) in [4.78, 5) is 16.3. The van der Waals surface area contributed by atoms with Crippen molar-refractivity contribution in [1.82, 2.24) is 9.55 Å². The van der Waals surface area contributed by atoms with Crippen molar-refractivity contribution < 1.29 is 9.90 Å². The van der Waals surface area contributed by atoms with Gasteiger partial charge in [-0.05, 0) is 30.4 Å². The van der Waals surface area contributed by atoms with Gasteiger partial charge in [0.1, 0.15) is 5.82 Å². The molecule has 1 aromatic heterocycles. The lowest BCUT2D eigenvalue weighted by Crippen LogP contribution is -2.22. The number of rotatable bonds is 3. The van der Waals surface area contributed by atoms with Crippen LogP contribution in [0, 0.1) is 5.41 Å². The van der Waals surface area contributed by atoms with Gasteiger partial charge in [-0.2, -0.15) is 0 Å². The highest BCUT2D eigenvalue weighted by Crippen LogP contribution is 2.47. The minimum absolute atomic E-state index is 0.111. The molecule has 0 bridgehead atoms. The van der Waals surface area contributed by atoms with E-state index in [1.807, 2.05) is 6.07 Å². The highest BCUT2D eigenvalue weighted by molar-refractivity contribution is 6.01. The summed E-state index contributed by atoms with van der Waals surface area (Å²) in [5, 5.41) is 9.49. The number of aromatic nitrogens is 2. The molecular weight excluding hydrogens is 264 g/mol. The maximum atomic E-state index is 11.6. The largest absolute Gasteiger partial charge is 0.478 e. The number of hydrogen-bond acceptors (Lipinski definition) is 2. The molecule has 1 aliphatic rings. The van der Waals surface area contributed by atoms with Crippen LogP contribution in [0.15, 0.2) is 18.2 Å². The van der Waals surface area contributed by atoms with Crippen LogP contribution >= 0.6 is 0 Å². The molecule has 0 radical (unpaired) electrons. The molecule has 1 aromatic carbocycles. The lowest BCUT2D eigenvalue weighted by atomic mass is 9.95. The summed E-state index contributed by atoms with van der Waals surface area (Å²) in [5.74, 6) is 0.0856. The molecule has 0 unspecified atom stereocenters. The summed E-state index contributed by atoms with van der Waals surface area (Å²) in [6.07, 6.45) is 2.40. The van der Waals surface area contributed by atoms with Crippen LogP contribution in [0.1, 0.15) is 56.7 Å². The third-order valence-corrected chi connectivity index (χ3v) is 4.31. The van der Waals surface area contributed by atoms with Crippen LogP contribution in [0.2, 0.25) is 0 Å². The molecule has 4 heteroatoms. The second kappa shape index (κ2) is 4.33. The number of nitrogens with zero attached hydrogens (tertiary/aromatic N) is 2. The Morgan fingerprint density at radius 2 is 2.05 bits per heavy atom. The zero-order chi connectivity index (χ0) is 15.4. The van der Waals surface area contributed by atoms with E-state index in [2.05, 4.69) is 32.3 Å². The van der Waals surface area contributed by atoms with Gasteiger partial charge in [-0.25, -0.2) is 9.78 Å². The number of para-hydroxylation sites is 1.